The highest BCUT2D eigenvalue weighted by Crippen LogP contribution is 2.39. The van der Waals surface area contributed by atoms with Crippen molar-refractivity contribution in [2.45, 2.75) is 50.2 Å². The van der Waals surface area contributed by atoms with Crippen molar-refractivity contribution in [3.8, 4) is 0 Å². The van der Waals surface area contributed by atoms with Crippen LogP contribution in [-0.2, 0) is 4.74 Å². The second-order valence-electron chi connectivity index (χ2n) is 6.84. The third-order valence-electron chi connectivity index (χ3n) is 5.14. The molecule has 1 spiro atoms. The molecule has 2 aliphatic rings. The Labute approximate surface area is 140 Å². The van der Waals surface area contributed by atoms with Crippen LogP contribution in [0.2, 0.25) is 5.02 Å². The monoisotopic (exact) mass is 332 g/mol. The highest BCUT2D eigenvalue weighted by Gasteiger charge is 2.41. The predicted octanol–water partition coefficient (Wildman–Crippen LogP) is 4.04. The standard InChI is InChI=1S/C18H21ClN2O2/c19-13-4-5-15-12(8-13)9-16(21-15)17(22)20-14-10-18(23-11-14)6-2-1-3-7-18/h4-5,8-9,14,21H,1-3,6-7,10-11H2,(H,20,22)/t14-/m1/s1. The van der Waals surface area contributed by atoms with Crippen LogP contribution in [0.1, 0.15) is 49.0 Å². The van der Waals surface area contributed by atoms with Crippen molar-refractivity contribution < 1.29 is 9.53 Å². The van der Waals surface area contributed by atoms with Crippen molar-refractivity contribution in [1.82, 2.24) is 10.3 Å². The molecule has 1 aromatic carbocycles. The summed E-state index contributed by atoms with van der Waals surface area (Å²) in [6.45, 7) is 0.623. The fourth-order valence-electron chi connectivity index (χ4n) is 3.97. The average Bonchev–Trinajstić information content (AvgIpc) is 3.12. The minimum atomic E-state index is -0.0706. The molecule has 4 nitrogen and oxygen atoms in total. The number of hydrogen-bond acceptors (Lipinski definition) is 2. The molecule has 4 rings (SSSR count). The maximum atomic E-state index is 12.5. The number of carbonyl (C=O) groups excluding carboxylic acids is 1. The van der Waals surface area contributed by atoms with Crippen LogP contribution < -0.4 is 5.32 Å². The van der Waals surface area contributed by atoms with Crippen molar-refractivity contribution in [1.29, 1.82) is 0 Å². The summed E-state index contributed by atoms with van der Waals surface area (Å²) in [5, 5.41) is 4.74. The Bertz CT molecular complexity index is 734. The minimum absolute atomic E-state index is 0.0180. The Hall–Kier alpha value is -1.52. The lowest BCUT2D eigenvalue weighted by Gasteiger charge is -2.32. The van der Waals surface area contributed by atoms with Crippen molar-refractivity contribution in [3.63, 3.8) is 0 Å². The fraction of sp³-hybridized carbons (Fsp3) is 0.500. The number of carbonyl (C=O) groups is 1. The smallest absolute Gasteiger partial charge is 0.268 e. The molecule has 2 heterocycles. The quantitative estimate of drug-likeness (QED) is 0.872. The zero-order valence-electron chi connectivity index (χ0n) is 13.0. The van der Waals surface area contributed by atoms with Gasteiger partial charge in [0.15, 0.2) is 0 Å². The van der Waals surface area contributed by atoms with Crippen LogP contribution in [0.4, 0.5) is 0 Å². The Morgan fingerprint density at radius 3 is 2.91 bits per heavy atom. The van der Waals surface area contributed by atoms with E-state index in [4.69, 9.17) is 16.3 Å². The molecule has 1 saturated carbocycles. The van der Waals surface area contributed by atoms with Gasteiger partial charge in [0.1, 0.15) is 5.69 Å². The normalized spacial score (nSPS) is 23.4. The van der Waals surface area contributed by atoms with Gasteiger partial charge < -0.3 is 15.0 Å². The molecule has 2 aromatic rings. The van der Waals surface area contributed by atoms with Crippen molar-refractivity contribution in [2.24, 2.45) is 0 Å². The first-order chi connectivity index (χ1) is 11.1. The summed E-state index contributed by atoms with van der Waals surface area (Å²) in [7, 11) is 0. The lowest BCUT2D eigenvalue weighted by molar-refractivity contribution is -0.0246. The molecule has 1 saturated heterocycles. The summed E-state index contributed by atoms with van der Waals surface area (Å²) in [6.07, 6.45) is 6.98. The van der Waals surface area contributed by atoms with Gasteiger partial charge in [-0.3, -0.25) is 4.79 Å². The maximum Gasteiger partial charge on any atom is 0.268 e. The number of ether oxygens (including phenoxy) is 1. The topological polar surface area (TPSA) is 54.1 Å². The van der Waals surface area contributed by atoms with E-state index in [1.165, 1.54) is 19.3 Å². The van der Waals surface area contributed by atoms with Crippen LogP contribution in [0.5, 0.6) is 0 Å². The van der Waals surface area contributed by atoms with E-state index in [0.29, 0.717) is 17.3 Å². The van der Waals surface area contributed by atoms with Gasteiger partial charge in [0.05, 0.1) is 18.2 Å². The number of aromatic amines is 1. The second kappa shape index (κ2) is 5.84. The lowest BCUT2D eigenvalue weighted by atomic mass is 9.82. The molecule has 23 heavy (non-hydrogen) atoms. The van der Waals surface area contributed by atoms with E-state index < -0.39 is 0 Å². The summed E-state index contributed by atoms with van der Waals surface area (Å²) in [5.41, 5.74) is 1.52. The molecular weight excluding hydrogens is 312 g/mol. The first-order valence-electron chi connectivity index (χ1n) is 8.37. The summed E-state index contributed by atoms with van der Waals surface area (Å²) >= 11 is 6.00. The van der Waals surface area contributed by atoms with Crippen LogP contribution in [0, 0.1) is 0 Å². The number of aromatic nitrogens is 1. The average molecular weight is 333 g/mol. The number of hydrogen-bond donors (Lipinski definition) is 2. The molecule has 1 amide bonds. The zero-order chi connectivity index (χ0) is 15.9. The number of amides is 1. The van der Waals surface area contributed by atoms with Gasteiger partial charge in [0.2, 0.25) is 0 Å². The van der Waals surface area contributed by atoms with E-state index >= 15 is 0 Å². The highest BCUT2D eigenvalue weighted by molar-refractivity contribution is 6.31. The molecule has 0 bridgehead atoms. The fourth-order valence-corrected chi connectivity index (χ4v) is 4.15. The second-order valence-corrected chi connectivity index (χ2v) is 7.28. The van der Waals surface area contributed by atoms with Gasteiger partial charge in [0.25, 0.3) is 5.91 Å². The summed E-state index contributed by atoms with van der Waals surface area (Å²) in [5.74, 6) is -0.0706. The van der Waals surface area contributed by atoms with Gasteiger partial charge in [-0.1, -0.05) is 30.9 Å². The van der Waals surface area contributed by atoms with Crippen LogP contribution in [0.3, 0.4) is 0 Å². The molecule has 0 unspecified atom stereocenters. The number of nitrogens with one attached hydrogen (secondary N) is 2. The Balaban J connectivity index is 1.45. The number of fused-ring (bicyclic) bond motifs is 1. The zero-order valence-corrected chi connectivity index (χ0v) is 13.8. The van der Waals surface area contributed by atoms with E-state index in [-0.39, 0.29) is 17.6 Å². The van der Waals surface area contributed by atoms with E-state index in [1.54, 1.807) is 0 Å². The van der Waals surface area contributed by atoms with E-state index in [2.05, 4.69) is 10.3 Å². The van der Waals surface area contributed by atoms with Gasteiger partial charge in [-0.05, 0) is 43.5 Å². The number of H-pyrrole nitrogens is 1. The van der Waals surface area contributed by atoms with Gasteiger partial charge in [0, 0.05) is 15.9 Å². The predicted molar refractivity (Wildman–Crippen MR) is 90.9 cm³/mol. The Morgan fingerprint density at radius 2 is 2.09 bits per heavy atom. The Morgan fingerprint density at radius 1 is 1.26 bits per heavy atom. The Kier molecular flexibility index (Phi) is 3.82. The largest absolute Gasteiger partial charge is 0.373 e. The summed E-state index contributed by atoms with van der Waals surface area (Å²) < 4.78 is 6.06. The van der Waals surface area contributed by atoms with Crippen molar-refractivity contribution >= 4 is 28.4 Å². The molecule has 1 aliphatic carbocycles. The molecule has 2 fully saturated rings. The number of benzene rings is 1. The molecule has 2 N–H and O–H groups in total. The molecule has 1 aromatic heterocycles. The molecule has 1 atom stereocenters. The first kappa shape index (κ1) is 15.0. The molecule has 1 aliphatic heterocycles. The summed E-state index contributed by atoms with van der Waals surface area (Å²) in [4.78, 5) is 15.7. The number of rotatable bonds is 2. The number of halogens is 1. The molecule has 5 heteroatoms. The van der Waals surface area contributed by atoms with E-state index in [9.17, 15) is 4.79 Å². The van der Waals surface area contributed by atoms with Crippen LogP contribution in [0.15, 0.2) is 24.3 Å². The lowest BCUT2D eigenvalue weighted by Crippen LogP contribution is -2.37. The van der Waals surface area contributed by atoms with E-state index in [0.717, 1.165) is 30.2 Å². The third-order valence-corrected chi connectivity index (χ3v) is 5.37. The highest BCUT2D eigenvalue weighted by atomic mass is 35.5. The van der Waals surface area contributed by atoms with Gasteiger partial charge in [-0.2, -0.15) is 0 Å². The van der Waals surface area contributed by atoms with E-state index in [1.807, 2.05) is 24.3 Å². The molecule has 122 valence electrons. The SMILES string of the molecule is O=C(N[C@H]1COC2(CCCCC2)C1)c1cc2cc(Cl)ccc2[nH]1. The van der Waals surface area contributed by atoms with Crippen LogP contribution in [-0.4, -0.2) is 29.1 Å². The van der Waals surface area contributed by atoms with Gasteiger partial charge in [-0.15, -0.1) is 0 Å². The van der Waals surface area contributed by atoms with Crippen molar-refractivity contribution in [2.75, 3.05) is 6.61 Å². The molecular formula is C18H21ClN2O2. The summed E-state index contributed by atoms with van der Waals surface area (Å²) in [6, 6.07) is 7.53. The van der Waals surface area contributed by atoms with Crippen molar-refractivity contribution in [3.05, 3.63) is 35.0 Å². The van der Waals surface area contributed by atoms with Crippen LogP contribution >= 0.6 is 11.6 Å². The minimum Gasteiger partial charge on any atom is -0.373 e. The van der Waals surface area contributed by atoms with Gasteiger partial charge >= 0.3 is 0 Å². The maximum absolute atomic E-state index is 12.5. The first-order valence-corrected chi connectivity index (χ1v) is 8.75. The van der Waals surface area contributed by atoms with Gasteiger partial charge in [-0.25, -0.2) is 0 Å². The van der Waals surface area contributed by atoms with Crippen LogP contribution in [0.25, 0.3) is 10.9 Å². The third kappa shape index (κ3) is 2.98. The molecule has 0 radical (unpaired) electrons.